The molecule has 2 rings (SSSR count). The first-order chi connectivity index (χ1) is 8.99. The van der Waals surface area contributed by atoms with Crippen LogP contribution < -0.4 is 5.73 Å². The summed E-state index contributed by atoms with van der Waals surface area (Å²) in [6.45, 7) is 1.77. The predicted octanol–water partition coefficient (Wildman–Crippen LogP) is 3.39. The number of carboxylic acids is 1. The van der Waals surface area contributed by atoms with E-state index in [2.05, 4.69) is 0 Å². The van der Waals surface area contributed by atoms with Crippen LogP contribution >= 0.6 is 11.6 Å². The second-order valence-corrected chi connectivity index (χ2v) is 4.85. The summed E-state index contributed by atoms with van der Waals surface area (Å²) in [6.07, 6.45) is 0. The number of carbonyl (C=O) groups is 1. The fraction of sp³-hybridized carbons (Fsp3) is 0.133. The van der Waals surface area contributed by atoms with Gasteiger partial charge in [-0.25, -0.2) is 4.79 Å². The van der Waals surface area contributed by atoms with Crippen LogP contribution in [-0.2, 0) is 0 Å². The van der Waals surface area contributed by atoms with Crippen LogP contribution in [0.2, 0.25) is 5.02 Å². The molecule has 0 bridgehead atoms. The Labute approximate surface area is 116 Å². The first kappa shape index (κ1) is 13.6. The maximum atomic E-state index is 11.0. The molecular formula is C15H14ClNO2. The van der Waals surface area contributed by atoms with Crippen molar-refractivity contribution in [3.8, 4) is 0 Å². The molecule has 0 fully saturated rings. The Morgan fingerprint density at radius 1 is 1.16 bits per heavy atom. The second kappa shape index (κ2) is 5.43. The summed E-state index contributed by atoms with van der Waals surface area (Å²) in [4.78, 5) is 11.0. The largest absolute Gasteiger partial charge is 0.478 e. The molecule has 3 N–H and O–H groups in total. The van der Waals surface area contributed by atoms with Crippen LogP contribution in [0.25, 0.3) is 0 Å². The van der Waals surface area contributed by atoms with E-state index in [1.54, 1.807) is 31.2 Å². The van der Waals surface area contributed by atoms with Gasteiger partial charge in [-0.15, -0.1) is 0 Å². The quantitative estimate of drug-likeness (QED) is 0.902. The van der Waals surface area contributed by atoms with E-state index in [-0.39, 0.29) is 6.04 Å². The Hall–Kier alpha value is -1.84. The minimum Gasteiger partial charge on any atom is -0.478 e. The van der Waals surface area contributed by atoms with Crippen LogP contribution in [0.3, 0.4) is 0 Å². The Kier molecular flexibility index (Phi) is 3.88. The maximum Gasteiger partial charge on any atom is 0.335 e. The Balaban J connectivity index is 2.34. The van der Waals surface area contributed by atoms with Gasteiger partial charge in [0.1, 0.15) is 0 Å². The smallest absolute Gasteiger partial charge is 0.335 e. The van der Waals surface area contributed by atoms with Crippen molar-refractivity contribution in [2.75, 3.05) is 0 Å². The SMILES string of the molecule is Cc1cc(C(N)c2ccc(Cl)cc2)ccc1C(=O)O. The minimum atomic E-state index is -0.927. The van der Waals surface area contributed by atoms with Crippen LogP contribution in [0.5, 0.6) is 0 Å². The van der Waals surface area contributed by atoms with Crippen molar-refractivity contribution < 1.29 is 9.90 Å². The molecule has 0 saturated heterocycles. The van der Waals surface area contributed by atoms with Gasteiger partial charge in [-0.05, 0) is 41.8 Å². The summed E-state index contributed by atoms with van der Waals surface area (Å²) in [7, 11) is 0. The highest BCUT2D eigenvalue weighted by Gasteiger charge is 2.12. The van der Waals surface area contributed by atoms with E-state index < -0.39 is 5.97 Å². The van der Waals surface area contributed by atoms with Gasteiger partial charge in [0, 0.05) is 5.02 Å². The lowest BCUT2D eigenvalue weighted by Gasteiger charge is -2.14. The van der Waals surface area contributed by atoms with Gasteiger partial charge in [-0.1, -0.05) is 35.9 Å². The third kappa shape index (κ3) is 2.95. The third-order valence-corrected chi connectivity index (χ3v) is 3.32. The van der Waals surface area contributed by atoms with E-state index >= 15 is 0 Å². The number of hydrogen-bond acceptors (Lipinski definition) is 2. The molecule has 3 nitrogen and oxygen atoms in total. The summed E-state index contributed by atoms with van der Waals surface area (Å²) in [5.41, 5.74) is 8.99. The fourth-order valence-corrected chi connectivity index (χ4v) is 2.11. The molecule has 1 atom stereocenters. The summed E-state index contributed by atoms with van der Waals surface area (Å²) >= 11 is 5.84. The van der Waals surface area contributed by atoms with Crippen molar-refractivity contribution in [3.63, 3.8) is 0 Å². The van der Waals surface area contributed by atoms with E-state index in [0.29, 0.717) is 16.1 Å². The number of benzene rings is 2. The number of aryl methyl sites for hydroxylation is 1. The fourth-order valence-electron chi connectivity index (χ4n) is 1.98. The Morgan fingerprint density at radius 2 is 1.74 bits per heavy atom. The molecule has 2 aromatic carbocycles. The Morgan fingerprint density at radius 3 is 2.26 bits per heavy atom. The van der Waals surface area contributed by atoms with Crippen molar-refractivity contribution >= 4 is 17.6 Å². The first-order valence-corrected chi connectivity index (χ1v) is 6.21. The summed E-state index contributed by atoms with van der Waals surface area (Å²) in [5.74, 6) is -0.927. The highest BCUT2D eigenvalue weighted by molar-refractivity contribution is 6.30. The third-order valence-electron chi connectivity index (χ3n) is 3.07. The molecule has 0 aromatic heterocycles. The number of nitrogens with two attached hydrogens (primary N) is 1. The predicted molar refractivity (Wildman–Crippen MR) is 75.6 cm³/mol. The van der Waals surface area contributed by atoms with Crippen molar-refractivity contribution in [1.29, 1.82) is 0 Å². The van der Waals surface area contributed by atoms with Crippen molar-refractivity contribution in [3.05, 3.63) is 69.7 Å². The van der Waals surface area contributed by atoms with Gasteiger partial charge < -0.3 is 10.8 Å². The molecule has 0 spiro atoms. The average Bonchev–Trinajstić information content (AvgIpc) is 2.38. The van der Waals surface area contributed by atoms with E-state index in [0.717, 1.165) is 11.1 Å². The van der Waals surface area contributed by atoms with Gasteiger partial charge in [0.25, 0.3) is 0 Å². The van der Waals surface area contributed by atoms with E-state index in [4.69, 9.17) is 22.4 Å². The number of halogens is 1. The van der Waals surface area contributed by atoms with Crippen molar-refractivity contribution in [1.82, 2.24) is 0 Å². The van der Waals surface area contributed by atoms with Crippen LogP contribution in [0.1, 0.15) is 33.1 Å². The zero-order valence-corrected chi connectivity index (χ0v) is 11.2. The van der Waals surface area contributed by atoms with Gasteiger partial charge in [0.15, 0.2) is 0 Å². The van der Waals surface area contributed by atoms with Crippen molar-refractivity contribution in [2.24, 2.45) is 5.73 Å². The van der Waals surface area contributed by atoms with Gasteiger partial charge >= 0.3 is 5.97 Å². The summed E-state index contributed by atoms with van der Waals surface area (Å²) in [5, 5.41) is 9.66. The monoisotopic (exact) mass is 275 g/mol. The maximum absolute atomic E-state index is 11.0. The number of hydrogen-bond donors (Lipinski definition) is 2. The van der Waals surface area contributed by atoms with Gasteiger partial charge in [-0.2, -0.15) is 0 Å². The lowest BCUT2D eigenvalue weighted by atomic mass is 9.96. The van der Waals surface area contributed by atoms with Gasteiger partial charge in [-0.3, -0.25) is 0 Å². The summed E-state index contributed by atoms with van der Waals surface area (Å²) in [6, 6.07) is 12.2. The number of rotatable bonds is 3. The summed E-state index contributed by atoms with van der Waals surface area (Å²) < 4.78 is 0. The molecule has 1 unspecified atom stereocenters. The van der Waals surface area contributed by atoms with Crippen LogP contribution in [0, 0.1) is 6.92 Å². The second-order valence-electron chi connectivity index (χ2n) is 4.41. The highest BCUT2D eigenvalue weighted by Crippen LogP contribution is 2.23. The van der Waals surface area contributed by atoms with Gasteiger partial charge in [0.05, 0.1) is 11.6 Å². The molecular weight excluding hydrogens is 262 g/mol. The van der Waals surface area contributed by atoms with Crippen molar-refractivity contribution in [2.45, 2.75) is 13.0 Å². The molecule has 0 heterocycles. The normalized spacial score (nSPS) is 12.2. The lowest BCUT2D eigenvalue weighted by molar-refractivity contribution is 0.0696. The number of carboxylic acid groups (broad SMARTS) is 1. The highest BCUT2D eigenvalue weighted by atomic mass is 35.5. The molecule has 0 aliphatic carbocycles. The lowest BCUT2D eigenvalue weighted by Crippen LogP contribution is -2.12. The molecule has 4 heteroatoms. The van der Waals surface area contributed by atoms with Crippen LogP contribution in [0.15, 0.2) is 42.5 Å². The number of aromatic carboxylic acids is 1. The first-order valence-electron chi connectivity index (χ1n) is 5.84. The molecule has 19 heavy (non-hydrogen) atoms. The molecule has 0 amide bonds. The molecule has 0 saturated carbocycles. The zero-order chi connectivity index (χ0) is 14.0. The average molecular weight is 276 g/mol. The zero-order valence-electron chi connectivity index (χ0n) is 10.4. The molecule has 2 aromatic rings. The standard InChI is InChI=1S/C15H14ClNO2/c1-9-8-11(4-7-13(9)15(18)19)14(17)10-2-5-12(16)6-3-10/h2-8,14H,17H2,1H3,(H,18,19). The van der Waals surface area contributed by atoms with Crippen LogP contribution in [-0.4, -0.2) is 11.1 Å². The van der Waals surface area contributed by atoms with Crippen LogP contribution in [0.4, 0.5) is 0 Å². The molecule has 0 aliphatic rings. The molecule has 0 aliphatic heterocycles. The molecule has 98 valence electrons. The Bertz CT molecular complexity index is 608. The van der Waals surface area contributed by atoms with E-state index in [1.165, 1.54) is 0 Å². The van der Waals surface area contributed by atoms with E-state index in [9.17, 15) is 4.79 Å². The topological polar surface area (TPSA) is 63.3 Å². The van der Waals surface area contributed by atoms with E-state index in [1.807, 2.05) is 18.2 Å². The van der Waals surface area contributed by atoms with Gasteiger partial charge in [0.2, 0.25) is 0 Å². The molecule has 0 radical (unpaired) electrons. The minimum absolute atomic E-state index is 0.293.